The molecule has 0 bridgehead atoms. The fourth-order valence-corrected chi connectivity index (χ4v) is 1.27. The van der Waals surface area contributed by atoms with E-state index in [4.69, 9.17) is 0 Å². The Kier molecular flexibility index (Phi) is 3.27. The molecular formula is C6H5IN2O2S. The van der Waals surface area contributed by atoms with Gasteiger partial charge in [-0.1, -0.05) is 0 Å². The van der Waals surface area contributed by atoms with Gasteiger partial charge in [-0.2, -0.15) is 7.99 Å². The SMILES string of the molecule is O=C(S)Cc1ccc(=O)n(I)n1. The molecule has 1 aromatic rings. The Morgan fingerprint density at radius 3 is 2.83 bits per heavy atom. The molecule has 64 valence electrons. The summed E-state index contributed by atoms with van der Waals surface area (Å²) in [5, 5.41) is 3.57. The monoisotopic (exact) mass is 296 g/mol. The van der Waals surface area contributed by atoms with Crippen LogP contribution in [0.3, 0.4) is 0 Å². The summed E-state index contributed by atoms with van der Waals surface area (Å²) in [7, 11) is 0. The first-order valence-electron chi connectivity index (χ1n) is 3.07. The summed E-state index contributed by atoms with van der Waals surface area (Å²) in [5.41, 5.74) is 0.343. The van der Waals surface area contributed by atoms with Crippen molar-refractivity contribution in [3.05, 3.63) is 28.2 Å². The van der Waals surface area contributed by atoms with Crippen molar-refractivity contribution in [2.75, 3.05) is 0 Å². The van der Waals surface area contributed by atoms with E-state index in [1.54, 1.807) is 22.9 Å². The maximum atomic E-state index is 10.8. The van der Waals surface area contributed by atoms with Crippen LogP contribution in [0.4, 0.5) is 0 Å². The van der Waals surface area contributed by atoms with Crippen LogP contribution in [0.1, 0.15) is 5.69 Å². The average Bonchev–Trinajstić information content (AvgIpc) is 1.96. The van der Waals surface area contributed by atoms with Crippen LogP contribution in [0.5, 0.6) is 0 Å². The molecule has 0 saturated carbocycles. The van der Waals surface area contributed by atoms with Gasteiger partial charge in [-0.25, -0.2) is 0 Å². The number of hydrogen-bond acceptors (Lipinski definition) is 3. The number of thiol groups is 1. The zero-order chi connectivity index (χ0) is 9.14. The zero-order valence-electron chi connectivity index (χ0n) is 5.90. The van der Waals surface area contributed by atoms with Gasteiger partial charge in [0.2, 0.25) is 0 Å². The van der Waals surface area contributed by atoms with Crippen LogP contribution in [-0.2, 0) is 11.2 Å². The van der Waals surface area contributed by atoms with Gasteiger partial charge in [0.05, 0.1) is 35.0 Å². The number of aromatic nitrogens is 2. The van der Waals surface area contributed by atoms with E-state index in [1.807, 2.05) is 0 Å². The lowest BCUT2D eigenvalue weighted by molar-refractivity contribution is -0.110. The molecule has 0 aliphatic carbocycles. The summed E-state index contributed by atoms with van der Waals surface area (Å²) < 4.78 is 1.16. The minimum absolute atomic E-state index is 0.145. The van der Waals surface area contributed by atoms with Gasteiger partial charge in [-0.05, 0) is 6.07 Å². The molecular weight excluding hydrogens is 291 g/mol. The molecule has 0 aromatic carbocycles. The van der Waals surface area contributed by atoms with Crippen molar-refractivity contribution >= 4 is 40.6 Å². The third kappa shape index (κ3) is 2.59. The third-order valence-corrected chi connectivity index (χ3v) is 2.00. The highest BCUT2D eigenvalue weighted by molar-refractivity contribution is 14.1. The predicted molar refractivity (Wildman–Crippen MR) is 55.6 cm³/mol. The van der Waals surface area contributed by atoms with Crippen molar-refractivity contribution in [3.8, 4) is 0 Å². The molecule has 6 heteroatoms. The fourth-order valence-electron chi connectivity index (χ4n) is 0.674. The van der Waals surface area contributed by atoms with E-state index in [-0.39, 0.29) is 17.1 Å². The standard InChI is InChI=1S/C6H5IN2O2S/c7-9-5(10)2-1-4(8-9)3-6(11)12/h1-2H,3H2,(H,11,12). The van der Waals surface area contributed by atoms with Crippen LogP contribution < -0.4 is 5.56 Å². The van der Waals surface area contributed by atoms with Crippen LogP contribution >= 0.6 is 35.5 Å². The number of carbonyl (C=O) groups excluding carboxylic acids is 1. The van der Waals surface area contributed by atoms with Crippen LogP contribution in [0, 0.1) is 0 Å². The van der Waals surface area contributed by atoms with Crippen LogP contribution in [0.15, 0.2) is 16.9 Å². The summed E-state index contributed by atoms with van der Waals surface area (Å²) in [6, 6.07) is 2.89. The number of carbonyl (C=O) groups is 1. The molecule has 0 aliphatic heterocycles. The first kappa shape index (κ1) is 9.72. The summed E-state index contributed by atoms with van der Waals surface area (Å²) in [5.74, 6) is 0. The van der Waals surface area contributed by atoms with Crippen LogP contribution in [-0.4, -0.2) is 13.1 Å². The molecule has 0 spiro atoms. The van der Waals surface area contributed by atoms with Crippen molar-refractivity contribution in [1.29, 1.82) is 0 Å². The lowest BCUT2D eigenvalue weighted by atomic mass is 10.3. The molecule has 1 aromatic heterocycles. The molecule has 0 N–H and O–H groups in total. The van der Waals surface area contributed by atoms with E-state index >= 15 is 0 Å². The molecule has 0 amide bonds. The van der Waals surface area contributed by atoms with Crippen molar-refractivity contribution in [2.24, 2.45) is 0 Å². The maximum absolute atomic E-state index is 10.8. The molecule has 0 aliphatic rings. The Morgan fingerprint density at radius 2 is 2.33 bits per heavy atom. The molecule has 0 radical (unpaired) electrons. The maximum Gasteiger partial charge on any atom is 0.275 e. The summed E-state index contributed by atoms with van der Waals surface area (Å²) in [6.45, 7) is 0. The van der Waals surface area contributed by atoms with Gasteiger partial charge in [-0.15, -0.1) is 12.6 Å². The van der Waals surface area contributed by atoms with Gasteiger partial charge in [0, 0.05) is 6.07 Å². The van der Waals surface area contributed by atoms with Crippen LogP contribution in [0.2, 0.25) is 0 Å². The fraction of sp³-hybridized carbons (Fsp3) is 0.167. The predicted octanol–water partition coefficient (Wildman–Crippen LogP) is 0.440. The Hall–Kier alpha value is -0.370. The first-order valence-corrected chi connectivity index (χ1v) is 4.48. The highest BCUT2D eigenvalue weighted by atomic mass is 127. The van der Waals surface area contributed by atoms with Gasteiger partial charge in [0.25, 0.3) is 5.56 Å². The van der Waals surface area contributed by atoms with Gasteiger partial charge in [0.15, 0.2) is 5.12 Å². The summed E-state index contributed by atoms with van der Waals surface area (Å²) in [4.78, 5) is 21.4. The average molecular weight is 296 g/mol. The topological polar surface area (TPSA) is 52.0 Å². The second-order valence-corrected chi connectivity index (χ2v) is 3.51. The van der Waals surface area contributed by atoms with Gasteiger partial charge >= 0.3 is 0 Å². The van der Waals surface area contributed by atoms with E-state index in [0.717, 1.165) is 2.90 Å². The third-order valence-electron chi connectivity index (χ3n) is 1.15. The molecule has 0 atom stereocenters. The highest BCUT2D eigenvalue weighted by Gasteiger charge is 2.01. The molecule has 4 nitrogen and oxygen atoms in total. The highest BCUT2D eigenvalue weighted by Crippen LogP contribution is 1.96. The quantitative estimate of drug-likeness (QED) is 0.636. The van der Waals surface area contributed by atoms with Crippen molar-refractivity contribution in [1.82, 2.24) is 7.99 Å². The first-order chi connectivity index (χ1) is 5.59. The Morgan fingerprint density at radius 1 is 1.67 bits per heavy atom. The largest absolute Gasteiger partial charge is 0.287 e. The van der Waals surface area contributed by atoms with E-state index in [1.165, 1.54) is 12.1 Å². The molecule has 12 heavy (non-hydrogen) atoms. The van der Waals surface area contributed by atoms with Gasteiger partial charge < -0.3 is 0 Å². The molecule has 1 heterocycles. The minimum Gasteiger partial charge on any atom is -0.287 e. The number of hydrogen-bond donors (Lipinski definition) is 1. The van der Waals surface area contributed by atoms with E-state index in [9.17, 15) is 9.59 Å². The minimum atomic E-state index is -0.266. The number of halogens is 1. The van der Waals surface area contributed by atoms with E-state index < -0.39 is 0 Å². The van der Waals surface area contributed by atoms with E-state index in [0.29, 0.717) is 5.69 Å². The summed E-state index contributed by atoms with van der Waals surface area (Å²) in [6.07, 6.45) is 0.145. The lowest BCUT2D eigenvalue weighted by Crippen LogP contribution is -2.15. The van der Waals surface area contributed by atoms with Gasteiger partial charge in [-0.3, -0.25) is 9.59 Å². The number of nitrogens with zero attached hydrogens (tertiary/aromatic N) is 2. The number of rotatable bonds is 2. The van der Waals surface area contributed by atoms with Crippen LogP contribution in [0.25, 0.3) is 0 Å². The Labute approximate surface area is 87.9 Å². The van der Waals surface area contributed by atoms with Crippen molar-refractivity contribution in [3.63, 3.8) is 0 Å². The molecule has 0 fully saturated rings. The Balaban J connectivity index is 2.97. The summed E-state index contributed by atoms with van der Waals surface area (Å²) >= 11 is 5.35. The second-order valence-electron chi connectivity index (χ2n) is 2.09. The molecule has 1 rings (SSSR count). The van der Waals surface area contributed by atoms with Crippen molar-refractivity contribution < 1.29 is 4.79 Å². The normalized spacial score (nSPS) is 9.83. The van der Waals surface area contributed by atoms with Crippen molar-refractivity contribution in [2.45, 2.75) is 6.42 Å². The second kappa shape index (κ2) is 4.04. The smallest absolute Gasteiger partial charge is 0.275 e. The molecule has 0 saturated heterocycles. The lowest BCUT2D eigenvalue weighted by Gasteiger charge is -1.96. The van der Waals surface area contributed by atoms with E-state index in [2.05, 4.69) is 17.7 Å². The zero-order valence-corrected chi connectivity index (χ0v) is 8.95. The molecule has 0 unspecified atom stereocenters. The van der Waals surface area contributed by atoms with Gasteiger partial charge in [0.1, 0.15) is 0 Å². The Bertz CT molecular complexity index is 363.